The third-order valence-corrected chi connectivity index (χ3v) is 6.07. The maximum Gasteiger partial charge on any atom is 0.234 e. The molecule has 1 amide bonds. The molecule has 2 aliphatic rings. The number of nitrogens with zero attached hydrogens (tertiary/aromatic N) is 5. The standard InChI is InChI=1S/C20H24N6O2S/c21-12-15-5-3-6-16(11-15)22-18(27)14-29-20-24-23-19(25-8-1-2-9-25)26(20)13-17-7-4-10-28-17/h3,5-6,11,17H,1-2,4,7-10,13-14H2,(H,22,27)/t17-/m1/s1. The molecule has 3 heterocycles. The van der Waals surface area contributed by atoms with E-state index < -0.39 is 0 Å². The van der Waals surface area contributed by atoms with E-state index in [9.17, 15) is 4.79 Å². The van der Waals surface area contributed by atoms with Crippen LogP contribution < -0.4 is 10.2 Å². The van der Waals surface area contributed by atoms with Crippen LogP contribution in [0.5, 0.6) is 0 Å². The molecule has 1 atom stereocenters. The zero-order chi connectivity index (χ0) is 20.1. The predicted octanol–water partition coefficient (Wildman–Crippen LogP) is 2.66. The first-order valence-electron chi connectivity index (χ1n) is 9.95. The summed E-state index contributed by atoms with van der Waals surface area (Å²) in [5.41, 5.74) is 1.13. The zero-order valence-corrected chi connectivity index (χ0v) is 17.0. The van der Waals surface area contributed by atoms with E-state index in [2.05, 4.69) is 31.1 Å². The van der Waals surface area contributed by atoms with Gasteiger partial charge in [-0.25, -0.2) is 0 Å². The maximum absolute atomic E-state index is 12.4. The van der Waals surface area contributed by atoms with Crippen molar-refractivity contribution in [1.82, 2.24) is 14.8 Å². The molecule has 29 heavy (non-hydrogen) atoms. The van der Waals surface area contributed by atoms with E-state index in [0.29, 0.717) is 17.8 Å². The third kappa shape index (κ3) is 4.89. The van der Waals surface area contributed by atoms with Crippen LogP contribution in [0.1, 0.15) is 31.2 Å². The molecule has 0 unspecified atom stereocenters. The van der Waals surface area contributed by atoms with Gasteiger partial charge in [-0.05, 0) is 43.9 Å². The summed E-state index contributed by atoms with van der Waals surface area (Å²) in [6, 6.07) is 8.97. The number of carbonyl (C=O) groups is 1. The van der Waals surface area contributed by atoms with Crippen molar-refractivity contribution in [2.75, 3.05) is 35.7 Å². The summed E-state index contributed by atoms with van der Waals surface area (Å²) in [4.78, 5) is 14.7. The second kappa shape index (κ2) is 9.29. The first-order chi connectivity index (χ1) is 14.2. The summed E-state index contributed by atoms with van der Waals surface area (Å²) in [6.07, 6.45) is 4.63. The number of amides is 1. The molecule has 2 aromatic rings. The topological polar surface area (TPSA) is 96.1 Å². The Bertz CT molecular complexity index is 897. The largest absolute Gasteiger partial charge is 0.376 e. The van der Waals surface area contributed by atoms with Crippen LogP contribution in [0.4, 0.5) is 11.6 Å². The van der Waals surface area contributed by atoms with Gasteiger partial charge >= 0.3 is 0 Å². The highest BCUT2D eigenvalue weighted by Gasteiger charge is 2.25. The number of ether oxygens (including phenoxy) is 1. The molecule has 1 aromatic carbocycles. The normalized spacial score (nSPS) is 18.7. The number of rotatable bonds is 7. The van der Waals surface area contributed by atoms with Gasteiger partial charge < -0.3 is 15.0 Å². The van der Waals surface area contributed by atoms with E-state index in [1.807, 2.05) is 0 Å². The van der Waals surface area contributed by atoms with Crippen LogP contribution in [0.2, 0.25) is 0 Å². The molecular formula is C20H24N6O2S. The van der Waals surface area contributed by atoms with Crippen molar-refractivity contribution in [2.45, 2.75) is 43.5 Å². The molecule has 2 saturated heterocycles. The van der Waals surface area contributed by atoms with Crippen molar-refractivity contribution in [1.29, 1.82) is 5.26 Å². The molecule has 0 spiro atoms. The van der Waals surface area contributed by atoms with Crippen molar-refractivity contribution in [2.24, 2.45) is 0 Å². The summed E-state index contributed by atoms with van der Waals surface area (Å²) in [5, 5.41) is 21.4. The highest BCUT2D eigenvalue weighted by Crippen LogP contribution is 2.27. The van der Waals surface area contributed by atoms with Crippen molar-refractivity contribution >= 4 is 29.3 Å². The van der Waals surface area contributed by atoms with Crippen LogP contribution in [-0.4, -0.2) is 52.2 Å². The number of nitrogens with one attached hydrogen (secondary N) is 1. The number of nitriles is 1. The number of anilines is 2. The van der Waals surface area contributed by atoms with Crippen LogP contribution >= 0.6 is 11.8 Å². The summed E-state index contributed by atoms with van der Waals surface area (Å²) in [5.74, 6) is 0.961. The number of carbonyl (C=O) groups excluding carboxylic acids is 1. The lowest BCUT2D eigenvalue weighted by molar-refractivity contribution is -0.113. The van der Waals surface area contributed by atoms with Crippen LogP contribution in [0.25, 0.3) is 0 Å². The SMILES string of the molecule is N#Cc1cccc(NC(=O)CSc2nnc(N3CCCC3)n2C[C@H]2CCCO2)c1. The molecule has 9 heteroatoms. The Morgan fingerprint density at radius 2 is 2.17 bits per heavy atom. The predicted molar refractivity (Wildman–Crippen MR) is 111 cm³/mol. The van der Waals surface area contributed by atoms with Gasteiger partial charge in [-0.1, -0.05) is 17.8 Å². The third-order valence-electron chi connectivity index (χ3n) is 5.10. The first kappa shape index (κ1) is 19.7. The highest BCUT2D eigenvalue weighted by atomic mass is 32.2. The Morgan fingerprint density at radius 1 is 1.31 bits per heavy atom. The molecule has 0 saturated carbocycles. The Labute approximate surface area is 174 Å². The van der Waals surface area contributed by atoms with E-state index in [1.54, 1.807) is 24.3 Å². The smallest absolute Gasteiger partial charge is 0.234 e. The van der Waals surface area contributed by atoms with Gasteiger partial charge in [-0.15, -0.1) is 10.2 Å². The minimum atomic E-state index is -0.139. The lowest BCUT2D eigenvalue weighted by atomic mass is 10.2. The van der Waals surface area contributed by atoms with Crippen molar-refractivity contribution in [3.63, 3.8) is 0 Å². The van der Waals surface area contributed by atoms with Crippen molar-refractivity contribution in [3.8, 4) is 6.07 Å². The van der Waals surface area contributed by atoms with Crippen LogP contribution in [0, 0.1) is 11.3 Å². The van der Waals surface area contributed by atoms with Crippen LogP contribution in [0.15, 0.2) is 29.4 Å². The molecule has 152 valence electrons. The number of benzene rings is 1. The summed E-state index contributed by atoms with van der Waals surface area (Å²) in [7, 11) is 0. The Morgan fingerprint density at radius 3 is 2.93 bits per heavy atom. The van der Waals surface area contributed by atoms with Crippen molar-refractivity contribution in [3.05, 3.63) is 29.8 Å². The minimum absolute atomic E-state index is 0.139. The average molecular weight is 413 g/mol. The molecular weight excluding hydrogens is 388 g/mol. The summed E-state index contributed by atoms with van der Waals surface area (Å²) >= 11 is 1.38. The van der Waals surface area contributed by atoms with E-state index in [0.717, 1.165) is 43.6 Å². The molecule has 4 rings (SSSR count). The molecule has 0 radical (unpaired) electrons. The Hall–Kier alpha value is -2.57. The van der Waals surface area contributed by atoms with E-state index >= 15 is 0 Å². The summed E-state index contributed by atoms with van der Waals surface area (Å²) in [6.45, 7) is 3.50. The number of aromatic nitrogens is 3. The number of hydrogen-bond donors (Lipinski definition) is 1. The van der Waals surface area contributed by atoms with Crippen LogP contribution in [-0.2, 0) is 16.1 Å². The van der Waals surface area contributed by atoms with Gasteiger partial charge in [0.25, 0.3) is 0 Å². The fraction of sp³-hybridized carbons (Fsp3) is 0.500. The van der Waals surface area contributed by atoms with Crippen molar-refractivity contribution < 1.29 is 9.53 Å². The summed E-state index contributed by atoms with van der Waals surface area (Å²) < 4.78 is 7.92. The fourth-order valence-electron chi connectivity index (χ4n) is 3.68. The second-order valence-electron chi connectivity index (χ2n) is 7.25. The van der Waals surface area contributed by atoms with E-state index in [4.69, 9.17) is 10.00 Å². The molecule has 0 aliphatic carbocycles. The lowest BCUT2D eigenvalue weighted by Crippen LogP contribution is -2.25. The number of thioether (sulfide) groups is 1. The molecule has 2 aliphatic heterocycles. The second-order valence-corrected chi connectivity index (χ2v) is 8.19. The van der Waals surface area contributed by atoms with Gasteiger partial charge in [0.05, 0.1) is 30.0 Å². The van der Waals surface area contributed by atoms with Gasteiger partial charge in [0.2, 0.25) is 11.9 Å². The number of hydrogen-bond acceptors (Lipinski definition) is 7. The van der Waals surface area contributed by atoms with Crippen LogP contribution in [0.3, 0.4) is 0 Å². The Balaban J connectivity index is 1.43. The van der Waals surface area contributed by atoms with Gasteiger partial charge in [0.1, 0.15) is 0 Å². The zero-order valence-electron chi connectivity index (χ0n) is 16.2. The molecule has 1 aromatic heterocycles. The molecule has 2 fully saturated rings. The van der Waals surface area contributed by atoms with Gasteiger partial charge in [-0.3, -0.25) is 9.36 Å². The minimum Gasteiger partial charge on any atom is -0.376 e. The van der Waals surface area contributed by atoms with Gasteiger partial charge in [0.15, 0.2) is 5.16 Å². The average Bonchev–Trinajstić information content (AvgIpc) is 3.49. The maximum atomic E-state index is 12.4. The molecule has 1 N–H and O–H groups in total. The van der Waals surface area contributed by atoms with E-state index in [1.165, 1.54) is 24.6 Å². The fourth-order valence-corrected chi connectivity index (χ4v) is 4.43. The van der Waals surface area contributed by atoms with Gasteiger partial charge in [-0.2, -0.15) is 5.26 Å². The molecule has 8 nitrogen and oxygen atoms in total. The quantitative estimate of drug-likeness (QED) is 0.699. The highest BCUT2D eigenvalue weighted by molar-refractivity contribution is 7.99. The Kier molecular flexibility index (Phi) is 6.32. The first-order valence-corrected chi connectivity index (χ1v) is 10.9. The van der Waals surface area contributed by atoms with Gasteiger partial charge in [0, 0.05) is 25.4 Å². The molecule has 0 bridgehead atoms. The lowest BCUT2D eigenvalue weighted by Gasteiger charge is -2.20. The van der Waals surface area contributed by atoms with E-state index in [-0.39, 0.29) is 17.8 Å². The monoisotopic (exact) mass is 412 g/mol.